The number of esters is 2. The van der Waals surface area contributed by atoms with E-state index in [2.05, 4.69) is 6.07 Å². The molecule has 0 aliphatic carbocycles. The maximum Gasteiger partial charge on any atom is 0.355 e. The van der Waals surface area contributed by atoms with Crippen LogP contribution in [0.5, 0.6) is 11.5 Å². The minimum absolute atomic E-state index is 0.00758. The molecule has 0 spiro atoms. The van der Waals surface area contributed by atoms with Gasteiger partial charge in [0.25, 0.3) is 0 Å². The monoisotopic (exact) mass is 483 g/mol. The molecule has 3 rings (SSSR count). The quantitative estimate of drug-likeness (QED) is 0.616. The Kier molecular flexibility index (Phi) is 7.34. The van der Waals surface area contributed by atoms with Crippen molar-refractivity contribution >= 4 is 29.2 Å². The third-order valence-corrected chi connectivity index (χ3v) is 5.52. The van der Waals surface area contributed by atoms with Crippen molar-refractivity contribution in [1.82, 2.24) is 0 Å². The fraction of sp³-hybridized carbons (Fsp3) is 0.208. The topological polar surface area (TPSA) is 124 Å². The maximum atomic E-state index is 13.1. The number of methoxy groups -OCH3 is 4. The molecule has 1 unspecified atom stereocenters. The van der Waals surface area contributed by atoms with Crippen LogP contribution in [0.1, 0.15) is 11.5 Å². The van der Waals surface area contributed by atoms with Crippen LogP contribution in [0, 0.1) is 11.3 Å². The van der Waals surface area contributed by atoms with Crippen LogP contribution in [0.4, 0.5) is 5.69 Å². The highest BCUT2D eigenvalue weighted by Crippen LogP contribution is 2.46. The van der Waals surface area contributed by atoms with E-state index in [1.165, 1.54) is 33.3 Å². The number of anilines is 1. The number of carbonyl (C=O) groups is 2. The van der Waals surface area contributed by atoms with Crippen LogP contribution in [-0.2, 0) is 19.1 Å². The number of halogens is 1. The van der Waals surface area contributed by atoms with E-state index >= 15 is 0 Å². The molecular weight excluding hydrogens is 462 g/mol. The first-order valence-electron chi connectivity index (χ1n) is 9.91. The Hall–Kier alpha value is -4.16. The van der Waals surface area contributed by atoms with Gasteiger partial charge in [-0.15, -0.1) is 0 Å². The van der Waals surface area contributed by atoms with E-state index in [9.17, 15) is 14.9 Å². The second kappa shape index (κ2) is 10.2. The van der Waals surface area contributed by atoms with Crippen LogP contribution in [0.15, 0.2) is 65.1 Å². The van der Waals surface area contributed by atoms with E-state index in [4.69, 9.17) is 36.3 Å². The van der Waals surface area contributed by atoms with Gasteiger partial charge in [0.05, 0.1) is 57.3 Å². The predicted octanol–water partition coefficient (Wildman–Crippen LogP) is 3.25. The molecule has 0 saturated heterocycles. The molecule has 2 aromatic carbocycles. The SMILES string of the molecule is COC(=O)C1=C(C(=O)OC)N(c2ccc(OC)cc2OC)C(N)=C(C#N)C1c1cccc(Cl)c1. The molecule has 34 heavy (non-hydrogen) atoms. The van der Waals surface area contributed by atoms with Crippen molar-refractivity contribution in [1.29, 1.82) is 5.26 Å². The van der Waals surface area contributed by atoms with Crippen LogP contribution >= 0.6 is 11.6 Å². The number of benzene rings is 2. The van der Waals surface area contributed by atoms with Gasteiger partial charge in [-0.1, -0.05) is 23.7 Å². The highest BCUT2D eigenvalue weighted by atomic mass is 35.5. The maximum absolute atomic E-state index is 13.1. The Morgan fingerprint density at radius 3 is 2.29 bits per heavy atom. The van der Waals surface area contributed by atoms with Gasteiger partial charge in [0.2, 0.25) is 0 Å². The molecule has 1 heterocycles. The average Bonchev–Trinajstić information content (AvgIpc) is 2.86. The lowest BCUT2D eigenvalue weighted by atomic mass is 9.81. The first kappa shape index (κ1) is 24.5. The number of nitrogens with two attached hydrogens (primary N) is 1. The minimum Gasteiger partial charge on any atom is -0.497 e. The lowest BCUT2D eigenvalue weighted by molar-refractivity contribution is -0.139. The number of allylic oxidation sites excluding steroid dienone is 1. The van der Waals surface area contributed by atoms with Crippen LogP contribution in [0.2, 0.25) is 5.02 Å². The van der Waals surface area contributed by atoms with Crippen molar-refractivity contribution < 1.29 is 28.5 Å². The van der Waals surface area contributed by atoms with Gasteiger partial charge in [-0.2, -0.15) is 5.26 Å². The molecule has 0 fully saturated rings. The van der Waals surface area contributed by atoms with Crippen molar-refractivity contribution in [3.8, 4) is 17.6 Å². The van der Waals surface area contributed by atoms with Gasteiger partial charge in [-0.05, 0) is 29.8 Å². The second-order valence-corrected chi connectivity index (χ2v) is 7.45. The molecule has 1 aliphatic heterocycles. The van der Waals surface area contributed by atoms with Gasteiger partial charge < -0.3 is 24.7 Å². The summed E-state index contributed by atoms with van der Waals surface area (Å²) in [6.07, 6.45) is 0. The molecule has 0 saturated carbocycles. The first-order chi connectivity index (χ1) is 16.3. The van der Waals surface area contributed by atoms with Crippen LogP contribution < -0.4 is 20.1 Å². The summed E-state index contributed by atoms with van der Waals surface area (Å²) in [5, 5.41) is 10.5. The van der Waals surface area contributed by atoms with Gasteiger partial charge in [0, 0.05) is 11.1 Å². The zero-order valence-corrected chi connectivity index (χ0v) is 19.7. The van der Waals surface area contributed by atoms with Crippen LogP contribution in [-0.4, -0.2) is 40.4 Å². The molecule has 2 aromatic rings. The Morgan fingerprint density at radius 2 is 1.74 bits per heavy atom. The van der Waals surface area contributed by atoms with Gasteiger partial charge in [0.15, 0.2) is 0 Å². The summed E-state index contributed by atoms with van der Waals surface area (Å²) in [5.41, 5.74) is 6.87. The zero-order valence-electron chi connectivity index (χ0n) is 18.9. The lowest BCUT2D eigenvalue weighted by Crippen LogP contribution is -2.40. The van der Waals surface area contributed by atoms with E-state index in [0.717, 1.165) is 0 Å². The van der Waals surface area contributed by atoms with Gasteiger partial charge >= 0.3 is 11.9 Å². The average molecular weight is 484 g/mol. The molecule has 10 heteroatoms. The summed E-state index contributed by atoms with van der Waals surface area (Å²) in [7, 11) is 5.25. The van der Waals surface area contributed by atoms with Crippen molar-refractivity contribution in [2.45, 2.75) is 5.92 Å². The highest BCUT2D eigenvalue weighted by Gasteiger charge is 2.43. The molecule has 0 amide bonds. The number of nitrogens with zero attached hydrogens (tertiary/aromatic N) is 2. The molecule has 0 bridgehead atoms. The highest BCUT2D eigenvalue weighted by molar-refractivity contribution is 6.30. The van der Waals surface area contributed by atoms with Crippen LogP contribution in [0.3, 0.4) is 0 Å². The molecule has 0 radical (unpaired) electrons. The Morgan fingerprint density at radius 1 is 1.03 bits per heavy atom. The van der Waals surface area contributed by atoms with E-state index in [1.54, 1.807) is 42.5 Å². The minimum atomic E-state index is -1.04. The lowest BCUT2D eigenvalue weighted by Gasteiger charge is -2.36. The molecule has 9 nitrogen and oxygen atoms in total. The number of ether oxygens (including phenoxy) is 4. The number of hydrogen-bond acceptors (Lipinski definition) is 9. The van der Waals surface area contributed by atoms with E-state index in [1.807, 2.05) is 0 Å². The summed E-state index contributed by atoms with van der Waals surface area (Å²) in [4.78, 5) is 27.4. The summed E-state index contributed by atoms with van der Waals surface area (Å²) >= 11 is 6.18. The smallest absolute Gasteiger partial charge is 0.355 e. The standard InChI is InChI=1S/C24H22ClN3O6/c1-31-15-8-9-17(18(11-15)32-2)28-21(24(30)34-4)20(23(29)33-3)19(16(12-26)22(28)27)13-6-5-7-14(25)10-13/h5-11,19H,27H2,1-4H3. The molecule has 1 atom stereocenters. The zero-order chi connectivity index (χ0) is 25.0. The van der Waals surface area contributed by atoms with E-state index in [-0.39, 0.29) is 34.1 Å². The second-order valence-electron chi connectivity index (χ2n) is 7.02. The first-order valence-corrected chi connectivity index (χ1v) is 10.3. The summed E-state index contributed by atoms with van der Waals surface area (Å²) in [6, 6.07) is 13.4. The van der Waals surface area contributed by atoms with Crippen LogP contribution in [0.25, 0.3) is 0 Å². The van der Waals surface area contributed by atoms with Crippen molar-refractivity contribution in [3.05, 3.63) is 75.7 Å². The molecule has 0 aromatic heterocycles. The van der Waals surface area contributed by atoms with Crippen molar-refractivity contribution in [2.24, 2.45) is 5.73 Å². The summed E-state index contributed by atoms with van der Waals surface area (Å²) in [5.74, 6) is -2.09. The number of carbonyl (C=O) groups excluding carboxylic acids is 2. The van der Waals surface area contributed by atoms with Crippen molar-refractivity contribution in [3.63, 3.8) is 0 Å². The summed E-state index contributed by atoms with van der Waals surface area (Å²) in [6.45, 7) is 0. The Bertz CT molecular complexity index is 1250. The van der Waals surface area contributed by atoms with Gasteiger partial charge in [-0.25, -0.2) is 9.59 Å². The number of nitriles is 1. The fourth-order valence-electron chi connectivity index (χ4n) is 3.77. The largest absolute Gasteiger partial charge is 0.497 e. The van der Waals surface area contributed by atoms with E-state index < -0.39 is 17.9 Å². The normalized spacial score (nSPS) is 15.5. The third-order valence-electron chi connectivity index (χ3n) is 5.29. The third kappa shape index (κ3) is 4.23. The van der Waals surface area contributed by atoms with Gasteiger partial charge in [0.1, 0.15) is 23.0 Å². The van der Waals surface area contributed by atoms with Crippen molar-refractivity contribution in [2.75, 3.05) is 33.3 Å². The number of hydrogen-bond donors (Lipinski definition) is 1. The van der Waals surface area contributed by atoms with Gasteiger partial charge in [-0.3, -0.25) is 4.90 Å². The molecular formula is C24H22ClN3O6. The van der Waals surface area contributed by atoms with E-state index in [0.29, 0.717) is 16.3 Å². The predicted molar refractivity (Wildman–Crippen MR) is 124 cm³/mol. The summed E-state index contributed by atoms with van der Waals surface area (Å²) < 4.78 is 20.7. The molecule has 176 valence electrons. The number of rotatable bonds is 6. The fourth-order valence-corrected chi connectivity index (χ4v) is 3.97. The Labute approximate surface area is 201 Å². The Balaban J connectivity index is 2.44. The molecule has 2 N–H and O–H groups in total. The molecule has 1 aliphatic rings.